The van der Waals surface area contributed by atoms with Crippen LogP contribution in [0.1, 0.15) is 17.8 Å². The van der Waals surface area contributed by atoms with Crippen LogP contribution in [0.2, 0.25) is 0 Å². The first-order valence-electron chi connectivity index (χ1n) is 6.98. The number of hydrogen-bond acceptors (Lipinski definition) is 3. The SMILES string of the molecule is Cc1nc2cc(CN(C)C3CCNC3)ccc2n1C. The Balaban J connectivity index is 1.81. The highest BCUT2D eigenvalue weighted by Gasteiger charge is 2.19. The molecule has 1 aromatic carbocycles. The molecular weight excluding hydrogens is 236 g/mol. The van der Waals surface area contributed by atoms with Crippen LogP contribution in [0.4, 0.5) is 0 Å². The van der Waals surface area contributed by atoms with E-state index in [-0.39, 0.29) is 0 Å². The van der Waals surface area contributed by atoms with Gasteiger partial charge in [-0.25, -0.2) is 4.98 Å². The van der Waals surface area contributed by atoms with Gasteiger partial charge in [0.15, 0.2) is 0 Å². The first-order chi connectivity index (χ1) is 9.15. The number of nitrogens with one attached hydrogen (secondary N) is 1. The molecule has 1 aromatic heterocycles. The predicted molar refractivity (Wildman–Crippen MR) is 78.2 cm³/mol. The maximum absolute atomic E-state index is 4.61. The fourth-order valence-electron chi connectivity index (χ4n) is 2.90. The molecule has 1 aliphatic heterocycles. The molecule has 0 radical (unpaired) electrons. The summed E-state index contributed by atoms with van der Waals surface area (Å²) in [6.07, 6.45) is 1.25. The lowest BCUT2D eigenvalue weighted by Crippen LogP contribution is -2.32. The molecule has 1 N–H and O–H groups in total. The number of nitrogens with zero attached hydrogens (tertiary/aromatic N) is 3. The van der Waals surface area contributed by atoms with E-state index in [1.807, 2.05) is 0 Å². The van der Waals surface area contributed by atoms with Crippen molar-refractivity contribution in [2.45, 2.75) is 25.9 Å². The third-order valence-corrected chi connectivity index (χ3v) is 4.26. The third-order valence-electron chi connectivity index (χ3n) is 4.26. The normalized spacial score (nSPS) is 19.7. The summed E-state index contributed by atoms with van der Waals surface area (Å²) in [4.78, 5) is 7.05. The van der Waals surface area contributed by atoms with Gasteiger partial charge in [-0.2, -0.15) is 0 Å². The molecule has 0 saturated carbocycles. The zero-order chi connectivity index (χ0) is 13.4. The third kappa shape index (κ3) is 2.38. The van der Waals surface area contributed by atoms with E-state index in [4.69, 9.17) is 0 Å². The van der Waals surface area contributed by atoms with Gasteiger partial charge < -0.3 is 9.88 Å². The van der Waals surface area contributed by atoms with Crippen molar-refractivity contribution in [1.82, 2.24) is 19.8 Å². The van der Waals surface area contributed by atoms with Crippen LogP contribution in [0.5, 0.6) is 0 Å². The first kappa shape index (κ1) is 12.6. The monoisotopic (exact) mass is 258 g/mol. The average Bonchev–Trinajstić information content (AvgIpc) is 2.99. The van der Waals surface area contributed by atoms with Crippen molar-refractivity contribution in [3.8, 4) is 0 Å². The average molecular weight is 258 g/mol. The number of hydrogen-bond donors (Lipinski definition) is 1. The van der Waals surface area contributed by atoms with Crippen LogP contribution < -0.4 is 5.32 Å². The molecule has 102 valence electrons. The summed E-state index contributed by atoms with van der Waals surface area (Å²) in [6, 6.07) is 7.30. The quantitative estimate of drug-likeness (QED) is 0.909. The molecule has 3 rings (SSSR count). The van der Waals surface area contributed by atoms with Crippen molar-refractivity contribution >= 4 is 11.0 Å². The summed E-state index contributed by atoms with van der Waals surface area (Å²) in [5.41, 5.74) is 3.67. The van der Waals surface area contributed by atoms with Crippen molar-refractivity contribution in [1.29, 1.82) is 0 Å². The molecule has 1 aliphatic rings. The van der Waals surface area contributed by atoms with Gasteiger partial charge in [0.25, 0.3) is 0 Å². The number of likely N-dealkylation sites (N-methyl/N-ethyl adjacent to an activating group) is 1. The molecule has 4 nitrogen and oxygen atoms in total. The van der Waals surface area contributed by atoms with Gasteiger partial charge in [0.2, 0.25) is 0 Å². The second kappa shape index (κ2) is 4.94. The molecule has 1 fully saturated rings. The first-order valence-corrected chi connectivity index (χ1v) is 6.98. The van der Waals surface area contributed by atoms with Crippen molar-refractivity contribution < 1.29 is 0 Å². The molecule has 19 heavy (non-hydrogen) atoms. The summed E-state index contributed by atoms with van der Waals surface area (Å²) in [5.74, 6) is 1.07. The molecule has 0 amide bonds. The van der Waals surface area contributed by atoms with Gasteiger partial charge >= 0.3 is 0 Å². The number of aryl methyl sites for hydroxylation is 2. The standard InChI is InChI=1S/C15H22N4/c1-11-17-14-8-12(4-5-15(14)19(11)3)10-18(2)13-6-7-16-9-13/h4-5,8,13,16H,6-7,9-10H2,1-3H3. The number of benzene rings is 1. The molecule has 1 atom stereocenters. The molecule has 4 heteroatoms. The van der Waals surface area contributed by atoms with Crippen molar-refractivity contribution in [2.24, 2.45) is 7.05 Å². The molecule has 0 aliphatic carbocycles. The lowest BCUT2D eigenvalue weighted by atomic mass is 10.1. The summed E-state index contributed by atoms with van der Waals surface area (Å²) < 4.78 is 2.14. The highest BCUT2D eigenvalue weighted by atomic mass is 15.2. The van der Waals surface area contributed by atoms with E-state index >= 15 is 0 Å². The van der Waals surface area contributed by atoms with Crippen LogP contribution in [-0.4, -0.2) is 40.6 Å². The number of imidazole rings is 1. The van der Waals surface area contributed by atoms with E-state index in [0.717, 1.165) is 31.0 Å². The highest BCUT2D eigenvalue weighted by molar-refractivity contribution is 5.76. The minimum Gasteiger partial charge on any atom is -0.331 e. The van der Waals surface area contributed by atoms with Gasteiger partial charge in [-0.1, -0.05) is 6.07 Å². The van der Waals surface area contributed by atoms with Gasteiger partial charge in [0.1, 0.15) is 5.82 Å². The fraction of sp³-hybridized carbons (Fsp3) is 0.533. The van der Waals surface area contributed by atoms with Gasteiger partial charge in [0.05, 0.1) is 11.0 Å². The van der Waals surface area contributed by atoms with E-state index in [2.05, 4.69) is 59.0 Å². The fourth-order valence-corrected chi connectivity index (χ4v) is 2.90. The molecule has 2 heterocycles. The topological polar surface area (TPSA) is 33.1 Å². The zero-order valence-electron chi connectivity index (χ0n) is 12.0. The van der Waals surface area contributed by atoms with Gasteiger partial charge in [-0.3, -0.25) is 4.90 Å². The van der Waals surface area contributed by atoms with Gasteiger partial charge in [-0.05, 0) is 44.6 Å². The Hall–Kier alpha value is -1.39. The zero-order valence-corrected chi connectivity index (χ0v) is 12.0. The van der Waals surface area contributed by atoms with Crippen LogP contribution >= 0.6 is 0 Å². The molecule has 1 saturated heterocycles. The Bertz CT molecular complexity index is 581. The molecule has 2 aromatic rings. The van der Waals surface area contributed by atoms with Crippen LogP contribution in [0, 0.1) is 6.92 Å². The molecule has 1 unspecified atom stereocenters. The van der Waals surface area contributed by atoms with Crippen molar-refractivity contribution in [3.63, 3.8) is 0 Å². The van der Waals surface area contributed by atoms with Crippen LogP contribution in [0.25, 0.3) is 11.0 Å². The Labute approximate surface area is 114 Å². The Morgan fingerprint density at radius 3 is 3.05 bits per heavy atom. The minimum atomic E-state index is 0.668. The maximum Gasteiger partial charge on any atom is 0.106 e. The van der Waals surface area contributed by atoms with E-state index in [9.17, 15) is 0 Å². The number of rotatable bonds is 3. The van der Waals surface area contributed by atoms with Crippen LogP contribution in [0.15, 0.2) is 18.2 Å². The van der Waals surface area contributed by atoms with Crippen LogP contribution in [0.3, 0.4) is 0 Å². The lowest BCUT2D eigenvalue weighted by molar-refractivity contribution is 0.249. The second-order valence-corrected chi connectivity index (χ2v) is 5.60. The smallest absolute Gasteiger partial charge is 0.106 e. The largest absolute Gasteiger partial charge is 0.331 e. The Morgan fingerprint density at radius 1 is 1.47 bits per heavy atom. The highest BCUT2D eigenvalue weighted by Crippen LogP contribution is 2.18. The van der Waals surface area contributed by atoms with Crippen molar-refractivity contribution in [3.05, 3.63) is 29.6 Å². The number of aromatic nitrogens is 2. The summed E-state index contributed by atoms with van der Waals surface area (Å²) >= 11 is 0. The predicted octanol–water partition coefficient (Wildman–Crippen LogP) is 1.68. The lowest BCUT2D eigenvalue weighted by Gasteiger charge is -2.23. The molecular formula is C15H22N4. The van der Waals surface area contributed by atoms with E-state index in [1.165, 1.54) is 17.5 Å². The summed E-state index contributed by atoms with van der Waals surface area (Å²) in [6.45, 7) is 5.31. The van der Waals surface area contributed by atoms with Gasteiger partial charge in [-0.15, -0.1) is 0 Å². The minimum absolute atomic E-state index is 0.668. The second-order valence-electron chi connectivity index (χ2n) is 5.60. The van der Waals surface area contributed by atoms with E-state index < -0.39 is 0 Å². The maximum atomic E-state index is 4.61. The summed E-state index contributed by atoms with van der Waals surface area (Å²) in [7, 11) is 4.28. The van der Waals surface area contributed by atoms with E-state index in [0.29, 0.717) is 6.04 Å². The summed E-state index contributed by atoms with van der Waals surface area (Å²) in [5, 5.41) is 3.42. The number of fused-ring (bicyclic) bond motifs is 1. The van der Waals surface area contributed by atoms with Crippen LogP contribution in [-0.2, 0) is 13.6 Å². The molecule has 0 spiro atoms. The van der Waals surface area contributed by atoms with E-state index in [1.54, 1.807) is 0 Å². The van der Waals surface area contributed by atoms with Crippen molar-refractivity contribution in [2.75, 3.05) is 20.1 Å². The van der Waals surface area contributed by atoms with Gasteiger partial charge in [0, 0.05) is 26.2 Å². The Kier molecular flexibility index (Phi) is 3.29. The molecule has 0 bridgehead atoms. The Morgan fingerprint density at radius 2 is 2.32 bits per heavy atom.